The lowest BCUT2D eigenvalue weighted by Gasteiger charge is -2.11. The Morgan fingerprint density at radius 3 is 2.71 bits per heavy atom. The van der Waals surface area contributed by atoms with Gasteiger partial charge in [-0.15, -0.1) is 0 Å². The number of epoxide rings is 1. The Hall–Kier alpha value is -1.02. The van der Waals surface area contributed by atoms with E-state index in [1.807, 2.05) is 0 Å². The van der Waals surface area contributed by atoms with Crippen LogP contribution in [0.1, 0.15) is 16.7 Å². The predicted molar refractivity (Wildman–Crippen MR) is 55.9 cm³/mol. The maximum Gasteiger partial charge on any atom is 0.122 e. The average molecular weight is 192 g/mol. The van der Waals surface area contributed by atoms with Gasteiger partial charge in [0, 0.05) is 0 Å². The molecule has 1 saturated heterocycles. The molecule has 76 valence electrons. The Balaban J connectivity index is 2.13. The smallest absolute Gasteiger partial charge is 0.122 e. The summed E-state index contributed by atoms with van der Waals surface area (Å²) in [6.45, 7) is 7.83. The number of ether oxygens (including phenoxy) is 2. The molecular formula is C12H16O2. The number of benzene rings is 1. The number of aryl methyl sites for hydroxylation is 2. The quantitative estimate of drug-likeness (QED) is 0.686. The standard InChI is InChI=1S/C12H16O2/c1-8-4-9(2)10(3)12(5-8)14-7-11-6-13-11/h4-5,11H,6-7H2,1-3H3. The van der Waals surface area contributed by atoms with Crippen molar-refractivity contribution in [2.24, 2.45) is 0 Å². The molecule has 1 aromatic carbocycles. The molecule has 2 nitrogen and oxygen atoms in total. The van der Waals surface area contributed by atoms with Crippen LogP contribution in [0.5, 0.6) is 5.75 Å². The summed E-state index contributed by atoms with van der Waals surface area (Å²) >= 11 is 0. The van der Waals surface area contributed by atoms with Gasteiger partial charge < -0.3 is 9.47 Å². The van der Waals surface area contributed by atoms with Gasteiger partial charge in [-0.1, -0.05) is 6.07 Å². The van der Waals surface area contributed by atoms with Crippen molar-refractivity contribution in [1.82, 2.24) is 0 Å². The molecule has 0 radical (unpaired) electrons. The van der Waals surface area contributed by atoms with Crippen molar-refractivity contribution >= 4 is 0 Å². The highest BCUT2D eigenvalue weighted by molar-refractivity contribution is 5.41. The van der Waals surface area contributed by atoms with Crippen molar-refractivity contribution in [3.05, 3.63) is 28.8 Å². The molecule has 0 aromatic heterocycles. The van der Waals surface area contributed by atoms with Crippen molar-refractivity contribution in [3.63, 3.8) is 0 Å². The summed E-state index contributed by atoms with van der Waals surface area (Å²) in [5.41, 5.74) is 3.77. The van der Waals surface area contributed by atoms with E-state index in [0.717, 1.165) is 12.4 Å². The van der Waals surface area contributed by atoms with E-state index in [1.54, 1.807) is 0 Å². The van der Waals surface area contributed by atoms with E-state index in [-0.39, 0.29) is 0 Å². The fourth-order valence-electron chi connectivity index (χ4n) is 1.50. The van der Waals surface area contributed by atoms with Gasteiger partial charge in [-0.05, 0) is 43.5 Å². The minimum atomic E-state index is 0.329. The molecule has 0 N–H and O–H groups in total. The second kappa shape index (κ2) is 3.62. The molecule has 1 aromatic rings. The summed E-state index contributed by atoms with van der Waals surface area (Å²) in [6, 6.07) is 4.26. The highest BCUT2D eigenvalue weighted by Crippen LogP contribution is 2.24. The van der Waals surface area contributed by atoms with Gasteiger partial charge in [0.2, 0.25) is 0 Å². The van der Waals surface area contributed by atoms with Crippen molar-refractivity contribution in [1.29, 1.82) is 0 Å². The Morgan fingerprint density at radius 1 is 1.36 bits per heavy atom. The summed E-state index contributed by atoms with van der Waals surface area (Å²) in [5, 5.41) is 0. The first-order valence-corrected chi connectivity index (χ1v) is 4.99. The molecule has 1 heterocycles. The van der Waals surface area contributed by atoms with Crippen LogP contribution in [0.4, 0.5) is 0 Å². The minimum Gasteiger partial charge on any atom is -0.490 e. The Morgan fingerprint density at radius 2 is 2.07 bits per heavy atom. The monoisotopic (exact) mass is 192 g/mol. The van der Waals surface area contributed by atoms with Crippen LogP contribution in [0.3, 0.4) is 0 Å². The molecule has 0 spiro atoms. The SMILES string of the molecule is Cc1cc(C)c(C)c(OCC2CO2)c1. The maximum atomic E-state index is 5.70. The Labute approximate surface area is 84.8 Å². The van der Waals surface area contributed by atoms with Gasteiger partial charge in [-0.25, -0.2) is 0 Å². The Bertz CT molecular complexity index is 340. The van der Waals surface area contributed by atoms with E-state index < -0.39 is 0 Å². The van der Waals surface area contributed by atoms with Gasteiger partial charge in [0.15, 0.2) is 0 Å². The molecule has 1 fully saturated rings. The van der Waals surface area contributed by atoms with Gasteiger partial charge >= 0.3 is 0 Å². The van der Waals surface area contributed by atoms with Gasteiger partial charge in [-0.3, -0.25) is 0 Å². The fraction of sp³-hybridized carbons (Fsp3) is 0.500. The lowest BCUT2D eigenvalue weighted by Crippen LogP contribution is -2.05. The van der Waals surface area contributed by atoms with Crippen LogP contribution in [-0.4, -0.2) is 19.3 Å². The van der Waals surface area contributed by atoms with Gasteiger partial charge in [0.05, 0.1) is 6.61 Å². The molecule has 14 heavy (non-hydrogen) atoms. The molecule has 0 saturated carbocycles. The molecule has 0 amide bonds. The van der Waals surface area contributed by atoms with E-state index in [9.17, 15) is 0 Å². The topological polar surface area (TPSA) is 21.8 Å². The third-order valence-corrected chi connectivity index (χ3v) is 2.59. The normalized spacial score (nSPS) is 19.5. The maximum absolute atomic E-state index is 5.70. The summed E-state index contributed by atoms with van der Waals surface area (Å²) in [7, 11) is 0. The van der Waals surface area contributed by atoms with E-state index in [2.05, 4.69) is 32.9 Å². The molecule has 1 atom stereocenters. The van der Waals surface area contributed by atoms with Crippen LogP contribution < -0.4 is 4.74 Å². The van der Waals surface area contributed by atoms with Crippen LogP contribution in [0.2, 0.25) is 0 Å². The molecule has 1 unspecified atom stereocenters. The highest BCUT2D eigenvalue weighted by Gasteiger charge is 2.23. The first-order valence-electron chi connectivity index (χ1n) is 4.99. The molecule has 1 aliphatic heterocycles. The second-order valence-electron chi connectivity index (χ2n) is 3.97. The zero-order valence-electron chi connectivity index (χ0n) is 8.96. The molecule has 0 aliphatic carbocycles. The number of hydrogen-bond donors (Lipinski definition) is 0. The number of rotatable bonds is 3. The summed E-state index contributed by atoms with van der Waals surface area (Å²) < 4.78 is 10.8. The average Bonchev–Trinajstić information content (AvgIpc) is 2.92. The number of hydrogen-bond acceptors (Lipinski definition) is 2. The van der Waals surface area contributed by atoms with Crippen LogP contribution >= 0.6 is 0 Å². The second-order valence-corrected chi connectivity index (χ2v) is 3.97. The largest absolute Gasteiger partial charge is 0.490 e. The highest BCUT2D eigenvalue weighted by atomic mass is 16.6. The van der Waals surface area contributed by atoms with Crippen LogP contribution in [0, 0.1) is 20.8 Å². The summed E-state index contributed by atoms with van der Waals surface area (Å²) in [5.74, 6) is 0.998. The van der Waals surface area contributed by atoms with Crippen LogP contribution in [0.25, 0.3) is 0 Å². The van der Waals surface area contributed by atoms with Crippen molar-refractivity contribution < 1.29 is 9.47 Å². The zero-order chi connectivity index (χ0) is 10.1. The molecule has 1 aliphatic rings. The third kappa shape index (κ3) is 2.07. The minimum absolute atomic E-state index is 0.329. The molecule has 2 rings (SSSR count). The van der Waals surface area contributed by atoms with E-state index in [1.165, 1.54) is 16.7 Å². The third-order valence-electron chi connectivity index (χ3n) is 2.59. The first-order chi connectivity index (χ1) is 6.66. The zero-order valence-corrected chi connectivity index (χ0v) is 8.96. The summed E-state index contributed by atoms with van der Waals surface area (Å²) in [6.07, 6.45) is 0.329. The first kappa shape index (κ1) is 9.53. The molecule has 2 heteroatoms. The van der Waals surface area contributed by atoms with Crippen molar-refractivity contribution in [3.8, 4) is 5.75 Å². The van der Waals surface area contributed by atoms with Gasteiger partial charge in [-0.2, -0.15) is 0 Å². The van der Waals surface area contributed by atoms with Gasteiger partial charge in [0.25, 0.3) is 0 Å². The predicted octanol–water partition coefficient (Wildman–Crippen LogP) is 2.39. The molecular weight excluding hydrogens is 176 g/mol. The van der Waals surface area contributed by atoms with Crippen molar-refractivity contribution in [2.45, 2.75) is 26.9 Å². The lowest BCUT2D eigenvalue weighted by molar-refractivity contribution is 0.261. The fourth-order valence-corrected chi connectivity index (χ4v) is 1.50. The summed E-state index contributed by atoms with van der Waals surface area (Å²) in [4.78, 5) is 0. The molecule has 0 bridgehead atoms. The lowest BCUT2D eigenvalue weighted by atomic mass is 10.1. The van der Waals surface area contributed by atoms with E-state index in [4.69, 9.17) is 9.47 Å². The van der Waals surface area contributed by atoms with E-state index >= 15 is 0 Å². The van der Waals surface area contributed by atoms with E-state index in [0.29, 0.717) is 12.7 Å². The van der Waals surface area contributed by atoms with Crippen LogP contribution in [-0.2, 0) is 4.74 Å². The Kier molecular flexibility index (Phi) is 2.46. The van der Waals surface area contributed by atoms with Crippen LogP contribution in [0.15, 0.2) is 12.1 Å². The van der Waals surface area contributed by atoms with Crippen molar-refractivity contribution in [2.75, 3.05) is 13.2 Å². The van der Waals surface area contributed by atoms with Gasteiger partial charge in [0.1, 0.15) is 18.5 Å².